The van der Waals surface area contributed by atoms with Crippen molar-refractivity contribution in [1.82, 2.24) is 5.32 Å². The van der Waals surface area contributed by atoms with E-state index in [0.717, 1.165) is 74.8 Å². The highest BCUT2D eigenvalue weighted by Crippen LogP contribution is 2.34. The maximum Gasteiger partial charge on any atom is 0.142 e. The Morgan fingerprint density at radius 3 is 2.63 bits per heavy atom. The first-order valence-electron chi connectivity index (χ1n) is 14.7. The van der Waals surface area contributed by atoms with Crippen molar-refractivity contribution in [2.24, 2.45) is 0 Å². The van der Waals surface area contributed by atoms with E-state index in [1.165, 1.54) is 5.56 Å². The van der Waals surface area contributed by atoms with Gasteiger partial charge in [-0.05, 0) is 66.9 Å². The number of hydrogen-bond acceptors (Lipinski definition) is 8. The number of anilines is 1. The van der Waals surface area contributed by atoms with E-state index in [1.807, 2.05) is 18.2 Å². The lowest BCUT2D eigenvalue weighted by atomic mass is 9.87. The Bertz CT molecular complexity index is 1220. The summed E-state index contributed by atoms with van der Waals surface area (Å²) in [7, 11) is 1.75. The van der Waals surface area contributed by atoms with E-state index in [4.69, 9.17) is 23.7 Å². The summed E-state index contributed by atoms with van der Waals surface area (Å²) in [6, 6.07) is 21.7. The fraction of sp³-hybridized carbons (Fsp3) is 0.455. The van der Waals surface area contributed by atoms with Crippen molar-refractivity contribution >= 4 is 5.69 Å². The van der Waals surface area contributed by atoms with E-state index in [1.54, 1.807) is 25.3 Å². The van der Waals surface area contributed by atoms with Crippen molar-refractivity contribution in [3.8, 4) is 23.0 Å². The molecule has 8 nitrogen and oxygen atoms in total. The van der Waals surface area contributed by atoms with Crippen LogP contribution in [0.3, 0.4) is 0 Å². The zero-order chi connectivity index (χ0) is 28.3. The van der Waals surface area contributed by atoms with Gasteiger partial charge in [0.2, 0.25) is 0 Å². The summed E-state index contributed by atoms with van der Waals surface area (Å²) in [6.07, 6.45) is 2.87. The molecule has 2 heterocycles. The third-order valence-electron chi connectivity index (χ3n) is 7.60. The molecule has 3 aromatic rings. The highest BCUT2D eigenvalue weighted by atomic mass is 16.5. The molecule has 2 N–H and O–H groups in total. The van der Waals surface area contributed by atoms with E-state index in [9.17, 15) is 5.11 Å². The second-order valence-corrected chi connectivity index (χ2v) is 10.5. The quantitative estimate of drug-likeness (QED) is 0.262. The molecule has 5 rings (SSSR count). The summed E-state index contributed by atoms with van der Waals surface area (Å²) in [5.74, 6) is 2.99. The van der Waals surface area contributed by atoms with Gasteiger partial charge in [0.1, 0.15) is 29.6 Å². The molecular formula is C33H42N2O6. The first kappa shape index (κ1) is 29.0. The van der Waals surface area contributed by atoms with Crippen molar-refractivity contribution in [3.05, 3.63) is 77.9 Å². The van der Waals surface area contributed by atoms with Crippen LogP contribution >= 0.6 is 0 Å². The van der Waals surface area contributed by atoms with Crippen molar-refractivity contribution in [3.63, 3.8) is 0 Å². The van der Waals surface area contributed by atoms with Gasteiger partial charge in [0.25, 0.3) is 0 Å². The fourth-order valence-electron chi connectivity index (χ4n) is 5.45. The average molecular weight is 563 g/mol. The van der Waals surface area contributed by atoms with Crippen LogP contribution in [0, 0.1) is 0 Å². The van der Waals surface area contributed by atoms with Gasteiger partial charge < -0.3 is 39.0 Å². The Hall–Kier alpha value is -3.46. The number of fused-ring (bicyclic) bond motifs is 1. The van der Waals surface area contributed by atoms with Crippen molar-refractivity contribution in [2.45, 2.75) is 37.9 Å². The predicted octanol–water partition coefficient (Wildman–Crippen LogP) is 5.14. The van der Waals surface area contributed by atoms with Crippen LogP contribution in [-0.4, -0.2) is 70.9 Å². The lowest BCUT2D eigenvalue weighted by Gasteiger charge is -2.33. The number of nitrogens with zero attached hydrogens (tertiary/aromatic N) is 1. The lowest BCUT2D eigenvalue weighted by molar-refractivity contribution is 0.0106. The van der Waals surface area contributed by atoms with E-state index in [-0.39, 0.29) is 11.9 Å². The smallest absolute Gasteiger partial charge is 0.142 e. The molecule has 0 aliphatic carbocycles. The van der Waals surface area contributed by atoms with Crippen LogP contribution in [0.4, 0.5) is 5.69 Å². The van der Waals surface area contributed by atoms with Gasteiger partial charge in [0.05, 0.1) is 38.2 Å². The van der Waals surface area contributed by atoms with E-state index in [0.29, 0.717) is 38.1 Å². The van der Waals surface area contributed by atoms with Gasteiger partial charge >= 0.3 is 0 Å². The molecule has 3 aromatic carbocycles. The summed E-state index contributed by atoms with van der Waals surface area (Å²) < 4.78 is 29.3. The molecule has 0 saturated carbocycles. The molecule has 0 amide bonds. The number of phenols is 1. The molecule has 41 heavy (non-hydrogen) atoms. The minimum absolute atomic E-state index is 0.0928. The van der Waals surface area contributed by atoms with E-state index >= 15 is 0 Å². The molecule has 0 spiro atoms. The van der Waals surface area contributed by atoms with Gasteiger partial charge in [-0.1, -0.05) is 24.3 Å². The highest BCUT2D eigenvalue weighted by Gasteiger charge is 2.27. The molecule has 0 bridgehead atoms. The Morgan fingerprint density at radius 2 is 1.80 bits per heavy atom. The van der Waals surface area contributed by atoms with Crippen LogP contribution in [0.15, 0.2) is 66.7 Å². The second-order valence-electron chi connectivity index (χ2n) is 10.5. The predicted molar refractivity (Wildman–Crippen MR) is 160 cm³/mol. The number of methoxy groups -OCH3 is 1. The minimum Gasteiger partial charge on any atom is -0.508 e. The number of nitrogens with one attached hydrogen (secondary N) is 1. The van der Waals surface area contributed by atoms with Crippen LogP contribution in [0.25, 0.3) is 0 Å². The molecule has 2 aliphatic heterocycles. The molecule has 0 aromatic heterocycles. The minimum atomic E-state index is 0.0928. The summed E-state index contributed by atoms with van der Waals surface area (Å²) in [5.41, 5.74) is 3.58. The molecule has 2 aliphatic rings. The Balaban J connectivity index is 1.11. The summed E-state index contributed by atoms with van der Waals surface area (Å²) in [4.78, 5) is 2.39. The molecule has 1 saturated heterocycles. The van der Waals surface area contributed by atoms with Gasteiger partial charge in [0.15, 0.2) is 0 Å². The average Bonchev–Trinajstić information content (AvgIpc) is 3.01. The standard InChI is InChI=1S/C33H42N2O6/c1-37-17-3-15-35-16-20-40-32-12-7-25(21-31(32)35)24-41-33-23-34-14-13-30(33)26-8-10-28(11-9-26)38-18-4-19-39-29-6-2-5-27(36)22-29/h2,5-12,21-22,30,33-34,36H,3-4,13-20,23-24H2,1H3/t30-,33+/m1/s1. The zero-order valence-electron chi connectivity index (χ0n) is 23.9. The van der Waals surface area contributed by atoms with Gasteiger partial charge in [0, 0.05) is 45.2 Å². The number of piperidine rings is 1. The third-order valence-corrected chi connectivity index (χ3v) is 7.60. The molecule has 220 valence electrons. The first-order valence-corrected chi connectivity index (χ1v) is 14.7. The monoisotopic (exact) mass is 562 g/mol. The van der Waals surface area contributed by atoms with Crippen molar-refractivity contribution in [1.29, 1.82) is 0 Å². The number of ether oxygens (including phenoxy) is 5. The highest BCUT2D eigenvalue weighted by molar-refractivity contribution is 5.61. The summed E-state index contributed by atoms with van der Waals surface area (Å²) in [5, 5.41) is 13.0. The number of benzene rings is 3. The van der Waals surface area contributed by atoms with Gasteiger partial charge in [-0.25, -0.2) is 0 Å². The van der Waals surface area contributed by atoms with E-state index < -0.39 is 0 Å². The number of aromatic hydroxyl groups is 1. The topological polar surface area (TPSA) is 81.7 Å². The summed E-state index contributed by atoms with van der Waals surface area (Å²) >= 11 is 0. The second kappa shape index (κ2) is 15.0. The third kappa shape index (κ3) is 8.28. The Kier molecular flexibility index (Phi) is 10.6. The van der Waals surface area contributed by atoms with Crippen LogP contribution in [0.2, 0.25) is 0 Å². The maximum absolute atomic E-state index is 9.53. The molecular weight excluding hydrogens is 520 g/mol. The van der Waals surface area contributed by atoms with Crippen LogP contribution in [0.5, 0.6) is 23.0 Å². The number of rotatable bonds is 14. The van der Waals surface area contributed by atoms with Crippen LogP contribution in [0.1, 0.15) is 36.3 Å². The normalized spacial score (nSPS) is 18.4. The zero-order valence-corrected chi connectivity index (χ0v) is 23.9. The van der Waals surface area contributed by atoms with E-state index in [2.05, 4.69) is 40.5 Å². The SMILES string of the molecule is COCCCN1CCOc2ccc(CO[C@H]3CNCC[C@@H]3c3ccc(OCCCOc4cccc(O)c4)cc3)cc21. The number of hydrogen-bond donors (Lipinski definition) is 2. The van der Waals surface area contributed by atoms with Crippen molar-refractivity contribution in [2.75, 3.05) is 64.6 Å². The Labute approximate surface area is 243 Å². The van der Waals surface area contributed by atoms with Crippen LogP contribution in [-0.2, 0) is 16.1 Å². The molecule has 8 heteroatoms. The first-order chi connectivity index (χ1) is 20.2. The maximum atomic E-state index is 9.53. The fourth-order valence-corrected chi connectivity index (χ4v) is 5.45. The van der Waals surface area contributed by atoms with Crippen molar-refractivity contribution < 1.29 is 28.8 Å². The summed E-state index contributed by atoms with van der Waals surface area (Å²) in [6.45, 7) is 6.78. The molecule has 0 unspecified atom stereocenters. The van der Waals surface area contributed by atoms with Gasteiger partial charge in [-0.2, -0.15) is 0 Å². The largest absolute Gasteiger partial charge is 0.508 e. The molecule has 2 atom stereocenters. The number of phenolic OH excluding ortho intramolecular Hbond substituents is 1. The Morgan fingerprint density at radius 1 is 0.951 bits per heavy atom. The van der Waals surface area contributed by atoms with Gasteiger partial charge in [-0.15, -0.1) is 0 Å². The lowest BCUT2D eigenvalue weighted by Crippen LogP contribution is -2.41. The van der Waals surface area contributed by atoms with Crippen LogP contribution < -0.4 is 24.4 Å². The molecule has 1 fully saturated rings. The van der Waals surface area contributed by atoms with Gasteiger partial charge in [-0.3, -0.25) is 0 Å². The molecule has 0 radical (unpaired) electrons.